The Labute approximate surface area is 167 Å². The minimum atomic E-state index is -0.163. The van der Waals surface area contributed by atoms with Gasteiger partial charge in [0.25, 0.3) is 0 Å². The molecule has 6 saturated carbocycles. The van der Waals surface area contributed by atoms with Crippen LogP contribution in [-0.2, 0) is 23.8 Å². The van der Waals surface area contributed by atoms with Gasteiger partial charge in [0.2, 0.25) is 0 Å². The summed E-state index contributed by atoms with van der Waals surface area (Å²) in [5, 5.41) is 0. The number of rotatable bonds is 7. The number of fused-ring (bicyclic) bond motifs is 2. The smallest absolute Gasteiger partial charge is 0.311 e. The van der Waals surface area contributed by atoms with E-state index in [9.17, 15) is 9.59 Å². The summed E-state index contributed by atoms with van der Waals surface area (Å²) in [7, 11) is 0. The van der Waals surface area contributed by atoms with Crippen LogP contribution >= 0.6 is 0 Å². The number of esters is 2. The lowest BCUT2D eigenvalue weighted by Gasteiger charge is -2.56. The SMILES string of the molecule is CCC(=O)OC1CC2CC(C(=O)OCOCC34CC5CC(CC(C5)C3)C4)C1C2. The molecule has 0 amide bonds. The molecule has 6 fully saturated rings. The number of carbonyl (C=O) groups is 2. The largest absolute Gasteiger partial charge is 0.462 e. The van der Waals surface area contributed by atoms with Gasteiger partial charge in [-0.25, -0.2) is 0 Å². The first-order valence-corrected chi connectivity index (χ1v) is 11.5. The first kappa shape index (κ1) is 18.9. The molecule has 156 valence electrons. The van der Waals surface area contributed by atoms with Crippen molar-refractivity contribution in [2.24, 2.45) is 40.9 Å². The van der Waals surface area contributed by atoms with Gasteiger partial charge in [-0.3, -0.25) is 9.59 Å². The van der Waals surface area contributed by atoms with Gasteiger partial charge < -0.3 is 14.2 Å². The number of carbonyl (C=O) groups excluding carboxylic acids is 2. The predicted octanol–water partition coefficient (Wildman–Crippen LogP) is 4.09. The van der Waals surface area contributed by atoms with Crippen LogP contribution in [0.15, 0.2) is 0 Å². The lowest BCUT2D eigenvalue weighted by atomic mass is 9.50. The van der Waals surface area contributed by atoms with Crippen molar-refractivity contribution >= 4 is 11.9 Å². The van der Waals surface area contributed by atoms with Crippen molar-refractivity contribution in [2.45, 2.75) is 77.2 Å². The van der Waals surface area contributed by atoms with Gasteiger partial charge in [-0.1, -0.05) is 6.92 Å². The maximum atomic E-state index is 12.6. The fourth-order valence-corrected chi connectivity index (χ4v) is 7.88. The molecule has 0 radical (unpaired) electrons. The zero-order valence-corrected chi connectivity index (χ0v) is 17.1. The van der Waals surface area contributed by atoms with E-state index in [-0.39, 0.29) is 36.7 Å². The fourth-order valence-electron chi connectivity index (χ4n) is 7.88. The fraction of sp³-hybridized carbons (Fsp3) is 0.913. The van der Waals surface area contributed by atoms with Crippen LogP contribution in [0.5, 0.6) is 0 Å². The zero-order valence-electron chi connectivity index (χ0n) is 17.1. The second-order valence-electron chi connectivity index (χ2n) is 10.6. The second-order valence-corrected chi connectivity index (χ2v) is 10.6. The number of hydrogen-bond acceptors (Lipinski definition) is 5. The van der Waals surface area contributed by atoms with Gasteiger partial charge in [0.05, 0.1) is 12.5 Å². The molecule has 4 atom stereocenters. The van der Waals surface area contributed by atoms with Crippen molar-refractivity contribution in [1.82, 2.24) is 0 Å². The Morgan fingerprint density at radius 3 is 2.18 bits per heavy atom. The molecule has 0 aromatic carbocycles. The summed E-state index contributed by atoms with van der Waals surface area (Å²) in [4.78, 5) is 24.3. The molecule has 5 heteroatoms. The molecule has 6 rings (SSSR count). The highest BCUT2D eigenvalue weighted by Crippen LogP contribution is 2.60. The van der Waals surface area contributed by atoms with Crippen LogP contribution in [0.2, 0.25) is 0 Å². The molecule has 4 unspecified atom stereocenters. The Balaban J connectivity index is 1.08. The normalized spacial score (nSPS) is 45.4. The molecule has 0 heterocycles. The van der Waals surface area contributed by atoms with E-state index in [1.165, 1.54) is 38.5 Å². The standard InChI is InChI=1S/C23H34O5/c1-2-21(24)28-20-8-14-6-18(20)19(7-14)22(25)27-13-26-12-23-9-15-3-16(10-23)5-17(4-15)11-23/h14-20H,2-13H2,1H3. The highest BCUT2D eigenvalue weighted by molar-refractivity contribution is 5.74. The zero-order chi connectivity index (χ0) is 19.3. The molecule has 6 bridgehead atoms. The number of ether oxygens (including phenoxy) is 3. The van der Waals surface area contributed by atoms with E-state index in [4.69, 9.17) is 14.2 Å². The van der Waals surface area contributed by atoms with Crippen LogP contribution in [0.4, 0.5) is 0 Å². The van der Waals surface area contributed by atoms with Crippen LogP contribution < -0.4 is 0 Å². The molecule has 0 saturated heterocycles. The molecular weight excluding hydrogens is 356 g/mol. The Morgan fingerprint density at radius 2 is 1.57 bits per heavy atom. The molecule has 28 heavy (non-hydrogen) atoms. The Morgan fingerprint density at radius 1 is 0.893 bits per heavy atom. The Hall–Kier alpha value is -1.10. The van der Waals surface area contributed by atoms with Gasteiger partial charge in [-0.05, 0) is 86.9 Å². The van der Waals surface area contributed by atoms with Gasteiger partial charge in [0.15, 0.2) is 6.79 Å². The summed E-state index contributed by atoms with van der Waals surface area (Å²) in [5.41, 5.74) is 0.354. The summed E-state index contributed by atoms with van der Waals surface area (Å²) in [6.07, 6.45) is 11.3. The van der Waals surface area contributed by atoms with E-state index >= 15 is 0 Å². The van der Waals surface area contributed by atoms with E-state index in [0.717, 1.165) is 43.6 Å². The summed E-state index contributed by atoms with van der Waals surface area (Å²) in [6, 6.07) is 0. The van der Waals surface area contributed by atoms with E-state index in [2.05, 4.69) is 0 Å². The molecule has 0 aromatic rings. The van der Waals surface area contributed by atoms with Gasteiger partial charge >= 0.3 is 11.9 Å². The molecule has 5 nitrogen and oxygen atoms in total. The first-order valence-electron chi connectivity index (χ1n) is 11.5. The third-order valence-corrected chi connectivity index (χ3v) is 8.48. The van der Waals surface area contributed by atoms with Gasteiger partial charge in [0, 0.05) is 12.3 Å². The first-order chi connectivity index (χ1) is 13.5. The van der Waals surface area contributed by atoms with Crippen LogP contribution in [0.1, 0.15) is 71.1 Å². The maximum absolute atomic E-state index is 12.6. The quantitative estimate of drug-likeness (QED) is 0.372. The lowest BCUT2D eigenvalue weighted by Crippen LogP contribution is -2.48. The third-order valence-electron chi connectivity index (χ3n) is 8.48. The van der Waals surface area contributed by atoms with Crippen molar-refractivity contribution in [1.29, 1.82) is 0 Å². The van der Waals surface area contributed by atoms with Crippen molar-refractivity contribution < 1.29 is 23.8 Å². The van der Waals surface area contributed by atoms with Crippen molar-refractivity contribution in [2.75, 3.05) is 13.4 Å². The van der Waals surface area contributed by atoms with Gasteiger partial charge in [0.1, 0.15) is 6.10 Å². The third kappa shape index (κ3) is 3.48. The highest BCUT2D eigenvalue weighted by atomic mass is 16.7. The van der Waals surface area contributed by atoms with E-state index < -0.39 is 0 Å². The molecule has 6 aliphatic rings. The van der Waals surface area contributed by atoms with E-state index in [1.807, 2.05) is 6.92 Å². The molecular formula is C23H34O5. The molecule has 6 aliphatic carbocycles. The minimum absolute atomic E-state index is 0.0773. The summed E-state index contributed by atoms with van der Waals surface area (Å²) < 4.78 is 17.0. The van der Waals surface area contributed by atoms with Crippen molar-refractivity contribution in [3.63, 3.8) is 0 Å². The second kappa shape index (κ2) is 7.30. The molecule has 0 spiro atoms. The average Bonchev–Trinajstić information content (AvgIpc) is 3.24. The van der Waals surface area contributed by atoms with Crippen LogP contribution in [-0.4, -0.2) is 31.4 Å². The minimum Gasteiger partial charge on any atom is -0.462 e. The molecule has 0 N–H and O–H groups in total. The van der Waals surface area contributed by atoms with Crippen LogP contribution in [0, 0.1) is 40.9 Å². The summed E-state index contributed by atoms with van der Waals surface area (Å²) in [6.45, 7) is 2.63. The summed E-state index contributed by atoms with van der Waals surface area (Å²) >= 11 is 0. The Bertz CT molecular complexity index is 593. The monoisotopic (exact) mass is 390 g/mol. The average molecular weight is 391 g/mol. The van der Waals surface area contributed by atoms with Crippen molar-refractivity contribution in [3.8, 4) is 0 Å². The predicted molar refractivity (Wildman–Crippen MR) is 102 cm³/mol. The van der Waals surface area contributed by atoms with Gasteiger partial charge in [-0.15, -0.1) is 0 Å². The molecule has 0 aliphatic heterocycles. The molecule has 0 aromatic heterocycles. The number of hydrogen-bond donors (Lipinski definition) is 0. The summed E-state index contributed by atoms with van der Waals surface area (Å²) in [5.74, 6) is 2.91. The topological polar surface area (TPSA) is 61.8 Å². The van der Waals surface area contributed by atoms with Crippen molar-refractivity contribution in [3.05, 3.63) is 0 Å². The van der Waals surface area contributed by atoms with Gasteiger partial charge in [-0.2, -0.15) is 0 Å². The van der Waals surface area contributed by atoms with E-state index in [0.29, 0.717) is 17.8 Å². The van der Waals surface area contributed by atoms with Crippen LogP contribution in [0.3, 0.4) is 0 Å². The highest BCUT2D eigenvalue weighted by Gasteiger charge is 2.52. The Kier molecular flexibility index (Phi) is 4.93. The maximum Gasteiger partial charge on any atom is 0.311 e. The van der Waals surface area contributed by atoms with E-state index in [1.54, 1.807) is 0 Å². The van der Waals surface area contributed by atoms with Crippen LogP contribution in [0.25, 0.3) is 0 Å². The lowest BCUT2D eigenvalue weighted by molar-refractivity contribution is -0.175.